The summed E-state index contributed by atoms with van der Waals surface area (Å²) in [6.07, 6.45) is -0.450. The van der Waals surface area contributed by atoms with Crippen molar-refractivity contribution in [2.24, 2.45) is 0 Å². The molecule has 1 amide bonds. The minimum atomic E-state index is -0.450. The average molecular weight is 336 g/mol. The van der Waals surface area contributed by atoms with Crippen LogP contribution >= 0.6 is 11.8 Å². The lowest BCUT2D eigenvalue weighted by molar-refractivity contribution is 0.169. The van der Waals surface area contributed by atoms with Crippen LogP contribution in [0.15, 0.2) is 29.4 Å². The first kappa shape index (κ1) is 15.5. The zero-order chi connectivity index (χ0) is 16.2. The van der Waals surface area contributed by atoms with Crippen molar-refractivity contribution in [3.8, 4) is 11.5 Å². The third-order valence-electron chi connectivity index (χ3n) is 3.25. The van der Waals surface area contributed by atoms with Crippen molar-refractivity contribution in [2.75, 3.05) is 31.5 Å². The molecule has 2 aromatic rings. The molecule has 1 aromatic heterocycles. The van der Waals surface area contributed by atoms with Gasteiger partial charge in [-0.05, 0) is 12.1 Å². The number of nitrogens with zero attached hydrogens (tertiary/aromatic N) is 4. The Balaban J connectivity index is 1.79. The van der Waals surface area contributed by atoms with E-state index >= 15 is 0 Å². The summed E-state index contributed by atoms with van der Waals surface area (Å²) in [5.41, 5.74) is 0. The highest BCUT2D eigenvalue weighted by atomic mass is 32.2. The molecule has 3 rings (SSSR count). The molecule has 1 aliphatic heterocycles. The number of hydrogen-bond donors (Lipinski definition) is 0. The van der Waals surface area contributed by atoms with E-state index in [-0.39, 0.29) is 6.61 Å². The maximum Gasteiger partial charge on any atom is 0.428 e. The van der Waals surface area contributed by atoms with Crippen LogP contribution < -0.4 is 14.5 Å². The number of carbonyl (C=O) groups is 1. The lowest BCUT2D eigenvalue weighted by atomic mass is 10.3. The Bertz CT molecular complexity index is 706. The van der Waals surface area contributed by atoms with Gasteiger partial charge in [-0.25, -0.2) is 14.5 Å². The van der Waals surface area contributed by atoms with Crippen molar-refractivity contribution in [2.45, 2.75) is 11.8 Å². The van der Waals surface area contributed by atoms with Crippen molar-refractivity contribution in [3.05, 3.63) is 30.1 Å². The molecule has 9 heteroatoms. The maximum atomic E-state index is 11.9. The molecule has 2 heterocycles. The van der Waals surface area contributed by atoms with Gasteiger partial charge < -0.3 is 14.2 Å². The zero-order valence-electron chi connectivity index (χ0n) is 12.8. The smallest absolute Gasteiger partial charge is 0.428 e. The molecule has 0 N–H and O–H groups in total. The van der Waals surface area contributed by atoms with Crippen LogP contribution in [0.2, 0.25) is 0 Å². The molecular weight excluding hydrogens is 320 g/mol. The number of fused-ring (bicyclic) bond motifs is 1. The zero-order valence-corrected chi connectivity index (χ0v) is 13.6. The molecule has 8 nitrogen and oxygen atoms in total. The lowest BCUT2D eigenvalue weighted by Gasteiger charge is -2.27. The highest BCUT2D eigenvalue weighted by Crippen LogP contribution is 2.24. The fourth-order valence-electron chi connectivity index (χ4n) is 2.16. The first-order valence-corrected chi connectivity index (χ1v) is 7.91. The molecule has 0 unspecified atom stereocenters. The normalized spacial score (nSPS) is 13.4. The van der Waals surface area contributed by atoms with Crippen LogP contribution in [0.3, 0.4) is 0 Å². The van der Waals surface area contributed by atoms with Gasteiger partial charge in [0, 0.05) is 11.8 Å². The summed E-state index contributed by atoms with van der Waals surface area (Å²) >= 11 is 1.53. The number of rotatable bonds is 4. The maximum absolute atomic E-state index is 11.9. The predicted octanol–water partition coefficient (Wildman–Crippen LogP) is 1.68. The molecule has 0 bridgehead atoms. The van der Waals surface area contributed by atoms with Crippen molar-refractivity contribution in [1.29, 1.82) is 0 Å². The van der Waals surface area contributed by atoms with Crippen LogP contribution in [-0.2, 0) is 11.3 Å². The van der Waals surface area contributed by atoms with E-state index in [4.69, 9.17) is 14.2 Å². The van der Waals surface area contributed by atoms with Gasteiger partial charge in [0.2, 0.25) is 5.16 Å². The third-order valence-corrected chi connectivity index (χ3v) is 4.15. The van der Waals surface area contributed by atoms with Gasteiger partial charge in [-0.3, -0.25) is 0 Å². The molecule has 0 radical (unpaired) electrons. The van der Waals surface area contributed by atoms with Crippen molar-refractivity contribution >= 4 is 17.9 Å². The number of methoxy groups -OCH3 is 2. The monoisotopic (exact) mass is 336 g/mol. The second-order valence-electron chi connectivity index (χ2n) is 4.62. The lowest BCUT2D eigenvalue weighted by Crippen LogP contribution is -2.45. The second kappa shape index (κ2) is 6.78. The Kier molecular flexibility index (Phi) is 4.56. The molecule has 1 aliphatic rings. The number of aromatic nitrogens is 3. The Hall–Kier alpha value is -2.42. The largest absolute Gasteiger partial charge is 0.497 e. The highest BCUT2D eigenvalue weighted by Gasteiger charge is 2.28. The molecule has 0 saturated heterocycles. The summed E-state index contributed by atoms with van der Waals surface area (Å²) in [6, 6.07) is 7.27. The molecule has 0 saturated carbocycles. The fourth-order valence-corrected chi connectivity index (χ4v) is 3.03. The Morgan fingerprint density at radius 2 is 2.13 bits per heavy atom. The quantitative estimate of drug-likeness (QED) is 0.840. The van der Waals surface area contributed by atoms with Crippen LogP contribution in [0.1, 0.15) is 5.82 Å². The van der Waals surface area contributed by atoms with Crippen molar-refractivity contribution in [3.63, 3.8) is 0 Å². The molecule has 0 fully saturated rings. The van der Waals surface area contributed by atoms with E-state index in [9.17, 15) is 4.79 Å². The Labute approximate surface area is 137 Å². The number of benzene rings is 1. The van der Waals surface area contributed by atoms with Gasteiger partial charge in [-0.1, -0.05) is 17.8 Å². The molecule has 0 spiro atoms. The summed E-state index contributed by atoms with van der Waals surface area (Å²) < 4.78 is 17.3. The number of hydrogen-bond acceptors (Lipinski definition) is 7. The minimum Gasteiger partial charge on any atom is -0.497 e. The Morgan fingerprint density at radius 3 is 2.91 bits per heavy atom. The molecular formula is C14H16N4O4S. The van der Waals surface area contributed by atoms with Gasteiger partial charge in [-0.2, -0.15) is 0 Å². The number of carbonyl (C=O) groups excluding carboxylic acids is 1. The molecule has 1 aromatic carbocycles. The molecule has 0 aliphatic carbocycles. The van der Waals surface area contributed by atoms with Crippen LogP contribution in [0.25, 0.3) is 0 Å². The summed E-state index contributed by atoms with van der Waals surface area (Å²) in [5, 5.41) is 10.3. The van der Waals surface area contributed by atoms with Crippen LogP contribution in [0, 0.1) is 0 Å². The summed E-state index contributed by atoms with van der Waals surface area (Å²) in [7, 11) is 2.94. The van der Waals surface area contributed by atoms with Gasteiger partial charge >= 0.3 is 6.09 Å². The van der Waals surface area contributed by atoms with Crippen LogP contribution in [0.5, 0.6) is 11.5 Å². The van der Waals surface area contributed by atoms with E-state index < -0.39 is 6.09 Å². The first-order chi connectivity index (χ1) is 11.2. The summed E-state index contributed by atoms with van der Waals surface area (Å²) in [6.45, 7) is 0.697. The van der Waals surface area contributed by atoms with E-state index in [1.807, 2.05) is 18.2 Å². The standard InChI is InChI=1S/C14H16N4O4S/c1-20-10-4-3-5-11(8-10)22-9-12-15-16-13-18(12)17(6-7-23-13)14(19)21-2/h3-5,8H,6-7,9H2,1-2H3. The van der Waals surface area contributed by atoms with Gasteiger partial charge in [0.05, 0.1) is 20.8 Å². The van der Waals surface area contributed by atoms with E-state index in [0.29, 0.717) is 29.0 Å². The molecule has 0 atom stereocenters. The summed E-state index contributed by atoms with van der Waals surface area (Å²) in [4.78, 5) is 11.9. The van der Waals surface area contributed by atoms with Crippen LogP contribution in [-0.4, -0.2) is 47.5 Å². The first-order valence-electron chi connectivity index (χ1n) is 6.92. The van der Waals surface area contributed by atoms with Crippen LogP contribution in [0.4, 0.5) is 4.79 Å². The SMILES string of the molecule is COC(=O)N1CCSc2nnc(COc3cccc(OC)c3)n21. The van der Waals surface area contributed by atoms with Gasteiger partial charge in [0.1, 0.15) is 18.1 Å². The van der Waals surface area contributed by atoms with Crippen molar-refractivity contribution in [1.82, 2.24) is 14.9 Å². The summed E-state index contributed by atoms with van der Waals surface area (Å²) in [5.74, 6) is 2.62. The minimum absolute atomic E-state index is 0.175. The van der Waals surface area contributed by atoms with E-state index in [0.717, 1.165) is 5.75 Å². The number of ether oxygens (including phenoxy) is 3. The third kappa shape index (κ3) is 3.19. The van der Waals surface area contributed by atoms with Gasteiger partial charge in [0.15, 0.2) is 5.82 Å². The topological polar surface area (TPSA) is 78.7 Å². The molecule has 23 heavy (non-hydrogen) atoms. The van der Waals surface area contributed by atoms with Crippen molar-refractivity contribution < 1.29 is 19.0 Å². The number of amides is 1. The van der Waals surface area contributed by atoms with E-state index in [2.05, 4.69) is 10.2 Å². The highest BCUT2D eigenvalue weighted by molar-refractivity contribution is 7.99. The fraction of sp³-hybridized carbons (Fsp3) is 0.357. The predicted molar refractivity (Wildman–Crippen MR) is 83.6 cm³/mol. The van der Waals surface area contributed by atoms with Gasteiger partial charge in [-0.15, -0.1) is 10.2 Å². The van der Waals surface area contributed by atoms with E-state index in [1.165, 1.54) is 23.9 Å². The Morgan fingerprint density at radius 1 is 1.30 bits per heavy atom. The van der Waals surface area contributed by atoms with E-state index in [1.54, 1.807) is 17.9 Å². The number of thioether (sulfide) groups is 1. The second-order valence-corrected chi connectivity index (χ2v) is 5.68. The average Bonchev–Trinajstić information content (AvgIpc) is 3.02. The molecule has 122 valence electrons. The van der Waals surface area contributed by atoms with Gasteiger partial charge in [0.25, 0.3) is 0 Å².